The Hall–Kier alpha value is -1.66. The van der Waals surface area contributed by atoms with Gasteiger partial charge in [0.2, 0.25) is 0 Å². The van der Waals surface area contributed by atoms with Gasteiger partial charge in [-0.2, -0.15) is 0 Å². The minimum Gasteiger partial charge on any atom is -0.338 e. The Bertz CT molecular complexity index is 593. The van der Waals surface area contributed by atoms with E-state index in [-0.39, 0.29) is 24.0 Å². The van der Waals surface area contributed by atoms with E-state index in [1.54, 1.807) is 19.1 Å². The summed E-state index contributed by atoms with van der Waals surface area (Å²) >= 11 is 0. The molecule has 1 amide bonds. The molecule has 2 atom stereocenters. The fraction of sp³-hybridized carbons (Fsp3) is 0.533. The first kappa shape index (κ1) is 16.7. The van der Waals surface area contributed by atoms with Gasteiger partial charge in [0.05, 0.1) is 4.92 Å². The van der Waals surface area contributed by atoms with E-state index < -0.39 is 4.92 Å². The molecule has 1 aromatic carbocycles. The normalized spacial score (nSPS) is 23.6. The number of fused-ring (bicyclic) bond motifs is 1. The third kappa shape index (κ3) is 2.94. The number of hydrogen-bond acceptors (Lipinski definition) is 4. The smallest absolute Gasteiger partial charge is 0.273 e. The molecule has 2 aliphatic rings. The average molecular weight is 326 g/mol. The highest BCUT2D eigenvalue weighted by atomic mass is 35.5. The fourth-order valence-electron chi connectivity index (χ4n) is 3.44. The van der Waals surface area contributed by atoms with Gasteiger partial charge in [0.1, 0.15) is 0 Å². The number of nitro benzene ring substituents is 1. The van der Waals surface area contributed by atoms with Crippen LogP contribution in [-0.4, -0.2) is 41.9 Å². The molecule has 1 aromatic rings. The van der Waals surface area contributed by atoms with Crippen LogP contribution in [0.25, 0.3) is 0 Å². The molecule has 22 heavy (non-hydrogen) atoms. The summed E-state index contributed by atoms with van der Waals surface area (Å²) in [5.41, 5.74) is 0.922. The molecule has 2 fully saturated rings. The van der Waals surface area contributed by atoms with E-state index in [1.165, 1.54) is 6.07 Å². The maximum atomic E-state index is 12.7. The number of hydrogen-bond donors (Lipinski definition) is 1. The Morgan fingerprint density at radius 3 is 2.82 bits per heavy atom. The summed E-state index contributed by atoms with van der Waals surface area (Å²) in [6, 6.07) is 4.71. The summed E-state index contributed by atoms with van der Waals surface area (Å²) in [6.07, 6.45) is 1.01. The zero-order chi connectivity index (χ0) is 15.0. The molecule has 0 aliphatic carbocycles. The summed E-state index contributed by atoms with van der Waals surface area (Å²) in [5, 5.41) is 14.4. The van der Waals surface area contributed by atoms with Gasteiger partial charge >= 0.3 is 0 Å². The monoisotopic (exact) mass is 325 g/mol. The fourth-order valence-corrected chi connectivity index (χ4v) is 3.44. The number of halogens is 1. The Labute approximate surface area is 135 Å². The molecule has 0 saturated carbocycles. The number of carbonyl (C=O) groups is 1. The molecule has 120 valence electrons. The van der Waals surface area contributed by atoms with Crippen molar-refractivity contribution in [1.29, 1.82) is 0 Å². The number of nitrogens with one attached hydrogen (secondary N) is 1. The van der Waals surface area contributed by atoms with Crippen LogP contribution in [0.15, 0.2) is 18.2 Å². The van der Waals surface area contributed by atoms with Crippen LogP contribution in [0.3, 0.4) is 0 Å². The van der Waals surface area contributed by atoms with Crippen molar-refractivity contribution >= 4 is 24.0 Å². The van der Waals surface area contributed by atoms with E-state index in [9.17, 15) is 14.9 Å². The van der Waals surface area contributed by atoms with Crippen LogP contribution in [0.2, 0.25) is 0 Å². The van der Waals surface area contributed by atoms with Crippen molar-refractivity contribution in [2.45, 2.75) is 13.3 Å². The van der Waals surface area contributed by atoms with Crippen LogP contribution in [0.5, 0.6) is 0 Å². The molecule has 2 saturated heterocycles. The van der Waals surface area contributed by atoms with Crippen molar-refractivity contribution in [3.8, 4) is 0 Å². The number of piperidine rings is 1. The maximum Gasteiger partial charge on any atom is 0.273 e. The number of likely N-dealkylation sites (tertiary alicyclic amines) is 1. The van der Waals surface area contributed by atoms with Gasteiger partial charge in [-0.3, -0.25) is 14.9 Å². The summed E-state index contributed by atoms with van der Waals surface area (Å²) in [5.74, 6) is 1.10. The highest BCUT2D eigenvalue weighted by Gasteiger charge is 2.35. The highest BCUT2D eigenvalue weighted by molar-refractivity contribution is 5.96. The van der Waals surface area contributed by atoms with Crippen LogP contribution in [0.1, 0.15) is 22.3 Å². The van der Waals surface area contributed by atoms with Gasteiger partial charge in [-0.1, -0.05) is 6.07 Å². The summed E-state index contributed by atoms with van der Waals surface area (Å²) in [6.45, 7) is 5.14. The second kappa shape index (κ2) is 6.62. The van der Waals surface area contributed by atoms with Crippen molar-refractivity contribution in [2.75, 3.05) is 26.2 Å². The number of nitro groups is 1. The quantitative estimate of drug-likeness (QED) is 0.666. The SMILES string of the molecule is Cc1c(C(=O)N2CCC3CNCC3C2)cccc1[N+](=O)[O-].Cl. The number of carbonyl (C=O) groups excluding carboxylic acids is 1. The zero-order valence-corrected chi connectivity index (χ0v) is 13.3. The van der Waals surface area contributed by atoms with Gasteiger partial charge < -0.3 is 10.2 Å². The Balaban J connectivity index is 0.00000176. The largest absolute Gasteiger partial charge is 0.338 e. The summed E-state index contributed by atoms with van der Waals surface area (Å²) in [7, 11) is 0. The van der Waals surface area contributed by atoms with Gasteiger partial charge in [0, 0.05) is 30.3 Å². The van der Waals surface area contributed by atoms with Gasteiger partial charge in [0.15, 0.2) is 0 Å². The van der Waals surface area contributed by atoms with Crippen LogP contribution in [0, 0.1) is 28.9 Å². The molecular formula is C15H20ClN3O3. The van der Waals surface area contributed by atoms with Gasteiger partial charge in [-0.15, -0.1) is 12.4 Å². The van der Waals surface area contributed by atoms with E-state index in [0.29, 0.717) is 23.0 Å². The Morgan fingerprint density at radius 2 is 2.09 bits per heavy atom. The Kier molecular flexibility index (Phi) is 5.03. The molecule has 0 aromatic heterocycles. The minimum atomic E-state index is -0.431. The van der Waals surface area contributed by atoms with Crippen molar-refractivity contribution < 1.29 is 9.72 Å². The molecular weight excluding hydrogens is 306 g/mol. The predicted octanol–water partition coefficient (Wildman–Crippen LogP) is 2.01. The molecule has 7 heteroatoms. The molecule has 2 aliphatic heterocycles. The van der Waals surface area contributed by atoms with Crippen LogP contribution in [0.4, 0.5) is 5.69 Å². The van der Waals surface area contributed by atoms with Crippen LogP contribution < -0.4 is 5.32 Å². The lowest BCUT2D eigenvalue weighted by atomic mass is 9.88. The van der Waals surface area contributed by atoms with E-state index in [0.717, 1.165) is 32.6 Å². The predicted molar refractivity (Wildman–Crippen MR) is 85.5 cm³/mol. The summed E-state index contributed by atoms with van der Waals surface area (Å²) in [4.78, 5) is 25.1. The first-order valence-electron chi connectivity index (χ1n) is 7.32. The molecule has 0 radical (unpaired) electrons. The van der Waals surface area contributed by atoms with Crippen LogP contribution in [-0.2, 0) is 0 Å². The van der Waals surface area contributed by atoms with E-state index in [1.807, 2.05) is 4.90 Å². The lowest BCUT2D eigenvalue weighted by Gasteiger charge is -2.34. The van der Waals surface area contributed by atoms with Gasteiger partial charge in [0.25, 0.3) is 11.6 Å². The third-order valence-electron chi connectivity index (χ3n) is 4.72. The van der Waals surface area contributed by atoms with Gasteiger partial charge in [-0.05, 0) is 44.3 Å². The lowest BCUT2D eigenvalue weighted by molar-refractivity contribution is -0.385. The average Bonchev–Trinajstić information content (AvgIpc) is 2.93. The van der Waals surface area contributed by atoms with Crippen molar-refractivity contribution in [1.82, 2.24) is 10.2 Å². The molecule has 6 nitrogen and oxygen atoms in total. The maximum absolute atomic E-state index is 12.7. The molecule has 0 spiro atoms. The first-order chi connectivity index (χ1) is 10.1. The molecule has 2 heterocycles. The number of nitrogens with zero attached hydrogens (tertiary/aromatic N) is 2. The standard InChI is InChI=1S/C15H19N3O3.ClH/c1-10-13(3-2-4-14(10)18(20)21)15(19)17-6-5-11-7-16-8-12(11)9-17;/h2-4,11-12,16H,5-9H2,1H3;1H. The topological polar surface area (TPSA) is 75.5 Å². The number of amides is 1. The number of benzene rings is 1. The van der Waals surface area contributed by atoms with E-state index in [4.69, 9.17) is 0 Å². The Morgan fingerprint density at radius 1 is 1.36 bits per heavy atom. The van der Waals surface area contributed by atoms with Crippen LogP contribution >= 0.6 is 12.4 Å². The summed E-state index contributed by atoms with van der Waals surface area (Å²) < 4.78 is 0. The molecule has 3 rings (SSSR count). The molecule has 2 unspecified atom stereocenters. The van der Waals surface area contributed by atoms with E-state index in [2.05, 4.69) is 5.32 Å². The molecule has 1 N–H and O–H groups in total. The second-order valence-corrected chi connectivity index (χ2v) is 5.93. The number of rotatable bonds is 2. The lowest BCUT2D eigenvalue weighted by Crippen LogP contribution is -2.43. The third-order valence-corrected chi connectivity index (χ3v) is 4.72. The molecule has 0 bridgehead atoms. The second-order valence-electron chi connectivity index (χ2n) is 5.93. The van der Waals surface area contributed by atoms with E-state index >= 15 is 0 Å². The first-order valence-corrected chi connectivity index (χ1v) is 7.32. The van der Waals surface area contributed by atoms with Gasteiger partial charge in [-0.25, -0.2) is 0 Å². The zero-order valence-electron chi connectivity index (χ0n) is 12.4. The van der Waals surface area contributed by atoms with Crippen molar-refractivity contribution in [2.24, 2.45) is 11.8 Å². The van der Waals surface area contributed by atoms with Crippen molar-refractivity contribution in [3.63, 3.8) is 0 Å². The van der Waals surface area contributed by atoms with Crippen molar-refractivity contribution in [3.05, 3.63) is 39.4 Å². The highest BCUT2D eigenvalue weighted by Crippen LogP contribution is 2.29. The minimum absolute atomic E-state index is 0.